The molecule has 1 aliphatic carbocycles. The highest BCUT2D eigenvalue weighted by atomic mass is 79.9. The van der Waals surface area contributed by atoms with E-state index in [0.29, 0.717) is 6.04 Å². The number of halogens is 1. The minimum atomic E-state index is 0.389. The van der Waals surface area contributed by atoms with Crippen molar-refractivity contribution in [3.63, 3.8) is 0 Å². The van der Waals surface area contributed by atoms with Crippen LogP contribution in [0.1, 0.15) is 49.3 Å². The topological polar surface area (TPSA) is 29.3 Å². The molecule has 2 nitrogen and oxygen atoms in total. The number of nitrogens with zero attached hydrogens (tertiary/aromatic N) is 1. The van der Waals surface area contributed by atoms with Crippen molar-refractivity contribution in [2.75, 3.05) is 13.1 Å². The van der Waals surface area contributed by atoms with Gasteiger partial charge in [0.2, 0.25) is 0 Å². The highest BCUT2D eigenvalue weighted by molar-refractivity contribution is 9.10. The van der Waals surface area contributed by atoms with E-state index in [1.54, 1.807) is 0 Å². The van der Waals surface area contributed by atoms with Crippen LogP contribution in [0.5, 0.6) is 0 Å². The summed E-state index contributed by atoms with van der Waals surface area (Å²) < 4.78 is 1.20. The van der Waals surface area contributed by atoms with Gasteiger partial charge in [-0.25, -0.2) is 0 Å². The lowest BCUT2D eigenvalue weighted by atomic mass is 9.84. The monoisotopic (exact) mass is 336 g/mol. The molecule has 2 N–H and O–H groups in total. The van der Waals surface area contributed by atoms with Gasteiger partial charge in [-0.3, -0.25) is 4.90 Å². The number of aryl methyl sites for hydroxylation is 1. The molecular formula is C17H25BrN2. The zero-order chi connectivity index (χ0) is 14.1. The van der Waals surface area contributed by atoms with Gasteiger partial charge in [-0.1, -0.05) is 40.9 Å². The average molecular weight is 337 g/mol. The van der Waals surface area contributed by atoms with Gasteiger partial charge in [0.05, 0.1) is 0 Å². The summed E-state index contributed by atoms with van der Waals surface area (Å²) >= 11 is 3.66. The van der Waals surface area contributed by atoms with Gasteiger partial charge < -0.3 is 5.73 Å². The van der Waals surface area contributed by atoms with Gasteiger partial charge in [-0.15, -0.1) is 0 Å². The molecule has 3 rings (SSSR count). The van der Waals surface area contributed by atoms with E-state index in [1.165, 1.54) is 54.2 Å². The number of fused-ring (bicyclic) bond motifs is 1. The molecule has 1 heterocycles. The Balaban J connectivity index is 1.84. The molecule has 0 radical (unpaired) electrons. The fraction of sp³-hybridized carbons (Fsp3) is 0.647. The maximum atomic E-state index is 6.14. The van der Waals surface area contributed by atoms with Gasteiger partial charge in [0.1, 0.15) is 0 Å². The summed E-state index contributed by atoms with van der Waals surface area (Å²) in [5.41, 5.74) is 8.80. The summed E-state index contributed by atoms with van der Waals surface area (Å²) in [6, 6.07) is 7.89. The van der Waals surface area contributed by atoms with Crippen LogP contribution in [0.25, 0.3) is 0 Å². The van der Waals surface area contributed by atoms with Crippen LogP contribution in [0.15, 0.2) is 22.7 Å². The van der Waals surface area contributed by atoms with Crippen LogP contribution in [0.2, 0.25) is 0 Å². The second-order valence-corrected chi connectivity index (χ2v) is 7.25. The Morgan fingerprint density at radius 3 is 2.85 bits per heavy atom. The van der Waals surface area contributed by atoms with Crippen LogP contribution in [-0.2, 0) is 0 Å². The van der Waals surface area contributed by atoms with Crippen molar-refractivity contribution in [3.05, 3.63) is 33.8 Å². The van der Waals surface area contributed by atoms with E-state index in [9.17, 15) is 0 Å². The molecule has 3 heteroatoms. The van der Waals surface area contributed by atoms with Gasteiger partial charge in [0, 0.05) is 23.1 Å². The van der Waals surface area contributed by atoms with Gasteiger partial charge in [-0.05, 0) is 55.8 Å². The quantitative estimate of drug-likeness (QED) is 0.903. The third-order valence-corrected chi connectivity index (χ3v) is 6.11. The molecule has 1 saturated carbocycles. The maximum Gasteiger partial charge on any atom is 0.0473 e. The van der Waals surface area contributed by atoms with Crippen LogP contribution in [0.4, 0.5) is 0 Å². The molecule has 0 amide bonds. The van der Waals surface area contributed by atoms with Crippen molar-refractivity contribution in [2.45, 2.75) is 51.1 Å². The average Bonchev–Trinajstić information content (AvgIpc) is 2.88. The lowest BCUT2D eigenvalue weighted by Crippen LogP contribution is -2.40. The highest BCUT2D eigenvalue weighted by Crippen LogP contribution is 2.40. The predicted octanol–water partition coefficient (Wildman–Crippen LogP) is 4.02. The normalized spacial score (nSPS) is 28.4. The molecule has 0 spiro atoms. The fourth-order valence-electron chi connectivity index (χ4n) is 4.11. The SMILES string of the molecule is Cc1ccc(C(CN)N2CCC3CCCCC32)cc1Br. The molecule has 2 fully saturated rings. The molecule has 1 saturated heterocycles. The van der Waals surface area contributed by atoms with Crippen molar-refractivity contribution in [1.82, 2.24) is 4.90 Å². The Kier molecular flexibility index (Phi) is 4.49. The van der Waals surface area contributed by atoms with Crippen molar-refractivity contribution in [3.8, 4) is 0 Å². The Morgan fingerprint density at radius 2 is 2.10 bits per heavy atom. The van der Waals surface area contributed by atoms with Crippen molar-refractivity contribution < 1.29 is 0 Å². The predicted molar refractivity (Wildman–Crippen MR) is 87.7 cm³/mol. The molecule has 2 aliphatic rings. The number of rotatable bonds is 3. The van der Waals surface area contributed by atoms with Crippen LogP contribution in [-0.4, -0.2) is 24.0 Å². The molecule has 1 aromatic rings. The van der Waals surface area contributed by atoms with E-state index in [2.05, 4.69) is 46.0 Å². The van der Waals surface area contributed by atoms with Crippen LogP contribution < -0.4 is 5.73 Å². The van der Waals surface area contributed by atoms with Crippen LogP contribution in [0, 0.1) is 12.8 Å². The largest absolute Gasteiger partial charge is 0.329 e. The molecule has 110 valence electrons. The van der Waals surface area contributed by atoms with Crippen molar-refractivity contribution in [2.24, 2.45) is 11.7 Å². The van der Waals surface area contributed by atoms with Crippen molar-refractivity contribution >= 4 is 15.9 Å². The summed E-state index contributed by atoms with van der Waals surface area (Å²) in [7, 11) is 0. The number of likely N-dealkylation sites (tertiary alicyclic amines) is 1. The first-order valence-corrected chi connectivity index (χ1v) is 8.72. The number of nitrogens with two attached hydrogens (primary N) is 1. The molecule has 0 aromatic heterocycles. The number of hydrogen-bond donors (Lipinski definition) is 1. The summed E-state index contributed by atoms with van der Waals surface area (Å²) in [6.45, 7) is 4.08. The lowest BCUT2D eigenvalue weighted by Gasteiger charge is -2.37. The lowest BCUT2D eigenvalue weighted by molar-refractivity contribution is 0.135. The number of hydrogen-bond acceptors (Lipinski definition) is 2. The van der Waals surface area contributed by atoms with E-state index in [-0.39, 0.29) is 0 Å². The Labute approximate surface area is 130 Å². The smallest absolute Gasteiger partial charge is 0.0473 e. The van der Waals surface area contributed by atoms with Crippen LogP contribution >= 0.6 is 15.9 Å². The zero-order valence-corrected chi connectivity index (χ0v) is 13.9. The Bertz CT molecular complexity index is 474. The van der Waals surface area contributed by atoms with E-state index in [0.717, 1.165) is 18.5 Å². The van der Waals surface area contributed by atoms with Gasteiger partial charge in [0.25, 0.3) is 0 Å². The molecule has 3 unspecified atom stereocenters. The zero-order valence-electron chi connectivity index (χ0n) is 12.3. The summed E-state index contributed by atoms with van der Waals surface area (Å²) in [5.74, 6) is 0.923. The summed E-state index contributed by atoms with van der Waals surface area (Å²) in [6.07, 6.45) is 6.99. The second-order valence-electron chi connectivity index (χ2n) is 6.40. The minimum Gasteiger partial charge on any atom is -0.329 e. The first-order valence-electron chi connectivity index (χ1n) is 7.92. The molecular weight excluding hydrogens is 312 g/mol. The van der Waals surface area contributed by atoms with Crippen molar-refractivity contribution in [1.29, 1.82) is 0 Å². The molecule has 3 atom stereocenters. The molecule has 1 aromatic carbocycles. The molecule has 0 bridgehead atoms. The Hall–Kier alpha value is -0.380. The second kappa shape index (κ2) is 6.17. The van der Waals surface area contributed by atoms with Gasteiger partial charge >= 0.3 is 0 Å². The van der Waals surface area contributed by atoms with Gasteiger partial charge in [-0.2, -0.15) is 0 Å². The highest BCUT2D eigenvalue weighted by Gasteiger charge is 2.38. The fourth-order valence-corrected chi connectivity index (χ4v) is 4.50. The summed E-state index contributed by atoms with van der Waals surface area (Å²) in [4.78, 5) is 2.70. The minimum absolute atomic E-state index is 0.389. The first kappa shape index (κ1) is 14.6. The standard InChI is InChI=1S/C17H25BrN2/c1-12-6-7-14(10-15(12)18)17(11-19)20-9-8-13-4-2-3-5-16(13)20/h6-7,10,13,16-17H,2-5,8-9,11,19H2,1H3. The molecule has 20 heavy (non-hydrogen) atoms. The Morgan fingerprint density at radius 1 is 1.30 bits per heavy atom. The third-order valence-electron chi connectivity index (χ3n) is 5.26. The number of benzene rings is 1. The third kappa shape index (κ3) is 2.68. The van der Waals surface area contributed by atoms with E-state index >= 15 is 0 Å². The van der Waals surface area contributed by atoms with Crippen LogP contribution in [0.3, 0.4) is 0 Å². The maximum absolute atomic E-state index is 6.14. The van der Waals surface area contributed by atoms with Gasteiger partial charge in [0.15, 0.2) is 0 Å². The first-order chi connectivity index (χ1) is 9.70. The van der Waals surface area contributed by atoms with E-state index in [4.69, 9.17) is 5.73 Å². The summed E-state index contributed by atoms with van der Waals surface area (Å²) in [5, 5.41) is 0. The molecule has 1 aliphatic heterocycles. The van der Waals surface area contributed by atoms with E-state index in [1.807, 2.05) is 0 Å². The van der Waals surface area contributed by atoms with E-state index < -0.39 is 0 Å².